The molecule has 2 aromatic heterocycles. The van der Waals surface area contributed by atoms with E-state index in [4.69, 9.17) is 14.0 Å². The van der Waals surface area contributed by atoms with E-state index in [1.54, 1.807) is 32.7 Å². The Morgan fingerprint density at radius 1 is 1.04 bits per heavy atom. The molecule has 1 N–H and O–H groups in total. The minimum Gasteiger partial charge on any atom is -0.497 e. The highest BCUT2D eigenvalue weighted by molar-refractivity contribution is 5.80. The quantitative estimate of drug-likeness (QED) is 0.620. The lowest BCUT2D eigenvalue weighted by Gasteiger charge is -2.06. The number of hydrogen-bond acceptors (Lipinski definition) is 6. The fourth-order valence-electron chi connectivity index (χ4n) is 2.51. The average Bonchev–Trinajstić information content (AvgIpc) is 3.29. The van der Waals surface area contributed by atoms with Gasteiger partial charge in [0.25, 0.3) is 5.89 Å². The number of nitrogens with one attached hydrogen (secondary N) is 1. The van der Waals surface area contributed by atoms with E-state index in [0.29, 0.717) is 28.8 Å². The molecule has 0 fully saturated rings. The molecule has 0 saturated heterocycles. The third-order valence-electron chi connectivity index (χ3n) is 3.74. The number of aromatic amines is 1. The van der Waals surface area contributed by atoms with Crippen molar-refractivity contribution in [3.63, 3.8) is 0 Å². The van der Waals surface area contributed by atoms with Crippen LogP contribution in [0, 0.1) is 0 Å². The van der Waals surface area contributed by atoms with E-state index in [-0.39, 0.29) is 0 Å². The summed E-state index contributed by atoms with van der Waals surface area (Å²) < 4.78 is 16.0. The highest BCUT2D eigenvalue weighted by Gasteiger charge is 2.16. The second-order valence-electron chi connectivity index (χ2n) is 5.12. The van der Waals surface area contributed by atoms with Gasteiger partial charge in [-0.05, 0) is 36.4 Å². The van der Waals surface area contributed by atoms with Crippen molar-refractivity contribution < 1.29 is 14.0 Å². The highest BCUT2D eigenvalue weighted by atomic mass is 16.5. The zero-order valence-corrected chi connectivity index (χ0v) is 13.1. The first-order valence-electron chi connectivity index (χ1n) is 7.28. The molecule has 2 aromatic carbocycles. The Bertz CT molecular complexity index is 1010. The van der Waals surface area contributed by atoms with Gasteiger partial charge in [0.15, 0.2) is 0 Å². The molecule has 120 valence electrons. The van der Waals surface area contributed by atoms with Gasteiger partial charge in [0, 0.05) is 5.56 Å². The molecule has 4 rings (SSSR count). The highest BCUT2D eigenvalue weighted by Crippen LogP contribution is 2.33. The maximum absolute atomic E-state index is 5.42. The minimum atomic E-state index is 0.366. The van der Waals surface area contributed by atoms with Crippen LogP contribution in [0.15, 0.2) is 47.2 Å². The Labute approximate surface area is 137 Å². The summed E-state index contributed by atoms with van der Waals surface area (Å²) in [4.78, 5) is 11.7. The van der Waals surface area contributed by atoms with Gasteiger partial charge in [-0.25, -0.2) is 4.98 Å². The number of imidazole rings is 1. The molecular formula is C17H14N4O3. The first-order chi connectivity index (χ1) is 11.8. The molecule has 0 aliphatic rings. The molecule has 7 nitrogen and oxygen atoms in total. The molecule has 0 unspecified atom stereocenters. The zero-order valence-electron chi connectivity index (χ0n) is 13.1. The number of hydrogen-bond donors (Lipinski definition) is 1. The van der Waals surface area contributed by atoms with Crippen molar-refractivity contribution in [2.75, 3.05) is 14.2 Å². The van der Waals surface area contributed by atoms with E-state index in [0.717, 1.165) is 16.6 Å². The Hall–Kier alpha value is -3.35. The maximum atomic E-state index is 5.42. The molecule has 7 heteroatoms. The predicted molar refractivity (Wildman–Crippen MR) is 87.9 cm³/mol. The molecule has 0 aliphatic carbocycles. The van der Waals surface area contributed by atoms with Crippen LogP contribution < -0.4 is 9.47 Å². The van der Waals surface area contributed by atoms with Crippen molar-refractivity contribution in [1.29, 1.82) is 0 Å². The topological polar surface area (TPSA) is 86.1 Å². The lowest BCUT2D eigenvalue weighted by molar-refractivity contribution is 0.397. The number of nitrogens with zero attached hydrogens (tertiary/aromatic N) is 3. The normalized spacial score (nSPS) is 10.9. The van der Waals surface area contributed by atoms with Crippen LogP contribution >= 0.6 is 0 Å². The van der Waals surface area contributed by atoms with E-state index in [9.17, 15) is 0 Å². The SMILES string of the molecule is COc1ccc(OC)c(-c2nc(-c3ccc4nc[nH]c4c3)no2)c1. The molecule has 4 aromatic rings. The van der Waals surface area contributed by atoms with E-state index >= 15 is 0 Å². The van der Waals surface area contributed by atoms with Crippen molar-refractivity contribution in [2.45, 2.75) is 0 Å². The fourth-order valence-corrected chi connectivity index (χ4v) is 2.51. The van der Waals surface area contributed by atoms with Crippen LogP contribution in [0.4, 0.5) is 0 Å². The summed E-state index contributed by atoms with van der Waals surface area (Å²) in [6.07, 6.45) is 1.65. The summed E-state index contributed by atoms with van der Waals surface area (Å²) in [6.45, 7) is 0. The second-order valence-corrected chi connectivity index (χ2v) is 5.12. The van der Waals surface area contributed by atoms with Gasteiger partial charge in [0.05, 0.1) is 37.1 Å². The largest absolute Gasteiger partial charge is 0.497 e. The summed E-state index contributed by atoms with van der Waals surface area (Å²) in [5, 5.41) is 4.07. The summed E-state index contributed by atoms with van der Waals surface area (Å²) in [5.41, 5.74) is 3.32. The van der Waals surface area contributed by atoms with Crippen LogP contribution in [0.5, 0.6) is 11.5 Å². The lowest BCUT2D eigenvalue weighted by atomic mass is 10.1. The standard InChI is InChI=1S/C17H14N4O3/c1-22-11-4-6-15(23-2)12(8-11)17-20-16(21-24-17)10-3-5-13-14(7-10)19-9-18-13/h3-9H,1-2H3,(H,18,19). The molecule has 0 bridgehead atoms. The Kier molecular flexibility index (Phi) is 3.38. The van der Waals surface area contributed by atoms with Crippen molar-refractivity contribution >= 4 is 11.0 Å². The maximum Gasteiger partial charge on any atom is 0.262 e. The lowest BCUT2D eigenvalue weighted by Crippen LogP contribution is -1.90. The zero-order chi connectivity index (χ0) is 16.5. The third kappa shape index (κ3) is 2.36. The van der Waals surface area contributed by atoms with Crippen molar-refractivity contribution in [1.82, 2.24) is 20.1 Å². The van der Waals surface area contributed by atoms with E-state index in [2.05, 4.69) is 20.1 Å². The van der Waals surface area contributed by atoms with E-state index < -0.39 is 0 Å². The summed E-state index contributed by atoms with van der Waals surface area (Å²) >= 11 is 0. The molecule has 2 heterocycles. The van der Waals surface area contributed by atoms with Crippen molar-refractivity contribution in [3.05, 3.63) is 42.7 Å². The molecule has 0 spiro atoms. The van der Waals surface area contributed by atoms with E-state index in [1.807, 2.05) is 24.3 Å². The molecule has 0 amide bonds. The Morgan fingerprint density at radius 2 is 1.96 bits per heavy atom. The first-order valence-corrected chi connectivity index (χ1v) is 7.28. The van der Waals surface area contributed by atoms with Crippen LogP contribution in [0.25, 0.3) is 33.9 Å². The predicted octanol–water partition coefficient (Wildman–Crippen LogP) is 3.30. The van der Waals surface area contributed by atoms with Crippen LogP contribution in [0.1, 0.15) is 0 Å². The number of aromatic nitrogens is 4. The smallest absolute Gasteiger partial charge is 0.262 e. The molecule has 0 aliphatic heterocycles. The number of rotatable bonds is 4. The van der Waals surface area contributed by atoms with Crippen LogP contribution in [0.2, 0.25) is 0 Å². The van der Waals surface area contributed by atoms with Gasteiger partial charge in [0.2, 0.25) is 5.82 Å². The number of H-pyrrole nitrogens is 1. The van der Waals surface area contributed by atoms with Gasteiger partial charge in [0.1, 0.15) is 11.5 Å². The van der Waals surface area contributed by atoms with Gasteiger partial charge in [-0.2, -0.15) is 4.98 Å². The third-order valence-corrected chi connectivity index (χ3v) is 3.74. The van der Waals surface area contributed by atoms with E-state index in [1.165, 1.54) is 0 Å². The Morgan fingerprint density at radius 3 is 2.79 bits per heavy atom. The summed E-state index contributed by atoms with van der Waals surface area (Å²) in [6, 6.07) is 11.2. The number of benzene rings is 2. The van der Waals surface area contributed by atoms with Gasteiger partial charge in [-0.15, -0.1) is 0 Å². The molecule has 0 saturated carbocycles. The van der Waals surface area contributed by atoms with Crippen LogP contribution in [-0.2, 0) is 0 Å². The first kappa shape index (κ1) is 14.3. The number of fused-ring (bicyclic) bond motifs is 1. The molecule has 0 radical (unpaired) electrons. The van der Waals surface area contributed by atoms with Gasteiger partial charge in [-0.1, -0.05) is 5.16 Å². The van der Waals surface area contributed by atoms with Crippen LogP contribution in [-0.4, -0.2) is 34.3 Å². The summed E-state index contributed by atoms with van der Waals surface area (Å²) in [7, 11) is 3.19. The average molecular weight is 322 g/mol. The van der Waals surface area contributed by atoms with Crippen molar-refractivity contribution in [2.24, 2.45) is 0 Å². The van der Waals surface area contributed by atoms with Crippen LogP contribution in [0.3, 0.4) is 0 Å². The Balaban J connectivity index is 1.77. The van der Waals surface area contributed by atoms with Gasteiger partial charge < -0.3 is 19.0 Å². The number of ether oxygens (including phenoxy) is 2. The fraction of sp³-hybridized carbons (Fsp3) is 0.118. The van der Waals surface area contributed by atoms with Gasteiger partial charge >= 0.3 is 0 Å². The van der Waals surface area contributed by atoms with Gasteiger partial charge in [-0.3, -0.25) is 0 Å². The molecular weight excluding hydrogens is 308 g/mol. The monoisotopic (exact) mass is 322 g/mol. The van der Waals surface area contributed by atoms with Crippen molar-refractivity contribution in [3.8, 4) is 34.3 Å². The minimum absolute atomic E-state index is 0.366. The number of methoxy groups -OCH3 is 2. The molecule has 0 atom stereocenters. The second kappa shape index (κ2) is 5.69. The molecule has 24 heavy (non-hydrogen) atoms. The summed E-state index contributed by atoms with van der Waals surface area (Å²) in [5.74, 6) is 2.18.